The molecule has 1 aromatic heterocycles. The predicted octanol–water partition coefficient (Wildman–Crippen LogP) is 1.39. The lowest BCUT2D eigenvalue weighted by atomic mass is 10.2. The van der Waals surface area contributed by atoms with Gasteiger partial charge in [0.25, 0.3) is 5.91 Å². The predicted molar refractivity (Wildman–Crippen MR) is 102 cm³/mol. The summed E-state index contributed by atoms with van der Waals surface area (Å²) in [5, 5.41) is 11.1. The van der Waals surface area contributed by atoms with E-state index in [0.29, 0.717) is 12.2 Å². The maximum atomic E-state index is 12.7. The molecule has 1 fully saturated rings. The molecule has 1 aliphatic carbocycles. The first kappa shape index (κ1) is 17.2. The largest absolute Gasteiger partial charge is 0.351 e. The van der Waals surface area contributed by atoms with E-state index in [1.807, 2.05) is 35.0 Å². The first-order valence-corrected chi connectivity index (χ1v) is 9.70. The first-order valence-electron chi connectivity index (χ1n) is 9.70. The van der Waals surface area contributed by atoms with Crippen LogP contribution in [0.15, 0.2) is 30.3 Å². The van der Waals surface area contributed by atoms with Crippen molar-refractivity contribution in [1.29, 1.82) is 0 Å². The Hall–Kier alpha value is -2.18. The van der Waals surface area contributed by atoms with E-state index in [4.69, 9.17) is 0 Å². The van der Waals surface area contributed by atoms with Gasteiger partial charge in [0, 0.05) is 44.0 Å². The molecule has 138 valence electrons. The Morgan fingerprint density at radius 3 is 2.77 bits per heavy atom. The smallest absolute Gasteiger partial charge is 0.272 e. The van der Waals surface area contributed by atoms with Gasteiger partial charge in [-0.1, -0.05) is 18.2 Å². The molecule has 6 nitrogen and oxygen atoms in total. The van der Waals surface area contributed by atoms with E-state index in [1.165, 1.54) is 5.69 Å². The summed E-state index contributed by atoms with van der Waals surface area (Å²) in [6, 6.07) is 10.1. The summed E-state index contributed by atoms with van der Waals surface area (Å²) in [6.45, 7) is 6.07. The molecule has 2 aliphatic rings. The lowest BCUT2D eigenvalue weighted by Gasteiger charge is -2.27. The number of piperazine rings is 1. The van der Waals surface area contributed by atoms with Gasteiger partial charge in [0.15, 0.2) is 5.69 Å². The quantitative estimate of drug-likeness (QED) is 0.771. The summed E-state index contributed by atoms with van der Waals surface area (Å²) in [4.78, 5) is 15.1. The Balaban J connectivity index is 1.39. The third kappa shape index (κ3) is 3.66. The van der Waals surface area contributed by atoms with E-state index in [9.17, 15) is 4.79 Å². The molecule has 0 atom stereocenters. The van der Waals surface area contributed by atoms with Gasteiger partial charge in [0.2, 0.25) is 0 Å². The number of rotatable bonds is 6. The van der Waals surface area contributed by atoms with Gasteiger partial charge in [0.05, 0.1) is 5.69 Å². The molecule has 2 heterocycles. The second kappa shape index (κ2) is 8.01. The van der Waals surface area contributed by atoms with Gasteiger partial charge >= 0.3 is 0 Å². The molecule has 0 spiro atoms. The number of amides is 1. The van der Waals surface area contributed by atoms with E-state index >= 15 is 0 Å². The number of aromatic nitrogens is 2. The maximum absolute atomic E-state index is 12.7. The molecular weight excluding hydrogens is 326 g/mol. The average Bonchev–Trinajstić information content (AvgIpc) is 3.29. The van der Waals surface area contributed by atoms with Gasteiger partial charge in [-0.15, -0.1) is 0 Å². The number of carbonyl (C=O) groups excluding carboxylic acids is 1. The highest BCUT2D eigenvalue weighted by atomic mass is 16.1. The standard InChI is InChI=1S/C20H27N5O/c26-20(22-10-5-13-24-14-11-21-12-15-24)19-17-8-4-9-18(17)25(23-19)16-6-2-1-3-7-16/h1-3,6-7,21H,4-5,8-15H2,(H,22,26). The fourth-order valence-corrected chi connectivity index (χ4v) is 3.93. The summed E-state index contributed by atoms with van der Waals surface area (Å²) in [6.07, 6.45) is 4.02. The molecule has 6 heteroatoms. The number of nitrogens with one attached hydrogen (secondary N) is 2. The van der Waals surface area contributed by atoms with Crippen LogP contribution in [-0.2, 0) is 12.8 Å². The zero-order valence-corrected chi connectivity index (χ0v) is 15.2. The van der Waals surface area contributed by atoms with E-state index in [2.05, 4.69) is 20.6 Å². The molecule has 0 radical (unpaired) electrons. The Morgan fingerprint density at radius 2 is 1.96 bits per heavy atom. The van der Waals surface area contributed by atoms with Crippen molar-refractivity contribution in [2.45, 2.75) is 25.7 Å². The molecule has 1 aliphatic heterocycles. The highest BCUT2D eigenvalue weighted by molar-refractivity contribution is 5.94. The number of nitrogens with zero attached hydrogens (tertiary/aromatic N) is 3. The molecule has 0 bridgehead atoms. The molecule has 26 heavy (non-hydrogen) atoms. The monoisotopic (exact) mass is 353 g/mol. The molecule has 2 aromatic rings. The Morgan fingerprint density at radius 1 is 1.15 bits per heavy atom. The Bertz CT molecular complexity index is 749. The summed E-state index contributed by atoms with van der Waals surface area (Å²) in [5.74, 6) is -0.0295. The lowest BCUT2D eigenvalue weighted by Crippen LogP contribution is -2.44. The number of hydrogen-bond acceptors (Lipinski definition) is 4. The number of fused-ring (bicyclic) bond motifs is 1. The van der Waals surface area contributed by atoms with Crippen LogP contribution in [0.3, 0.4) is 0 Å². The van der Waals surface area contributed by atoms with Crippen molar-refractivity contribution < 1.29 is 4.79 Å². The first-order chi connectivity index (χ1) is 12.8. The highest BCUT2D eigenvalue weighted by Gasteiger charge is 2.26. The Kier molecular flexibility index (Phi) is 5.32. The van der Waals surface area contributed by atoms with Crippen LogP contribution in [0.25, 0.3) is 5.69 Å². The lowest BCUT2D eigenvalue weighted by molar-refractivity contribution is 0.0945. The van der Waals surface area contributed by atoms with Gasteiger partial charge in [0.1, 0.15) is 0 Å². The Labute approximate surface area is 154 Å². The molecule has 1 saturated heterocycles. The fourth-order valence-electron chi connectivity index (χ4n) is 3.93. The molecule has 0 saturated carbocycles. The highest BCUT2D eigenvalue weighted by Crippen LogP contribution is 2.27. The van der Waals surface area contributed by atoms with Gasteiger partial charge in [-0.3, -0.25) is 4.79 Å². The minimum atomic E-state index is -0.0295. The SMILES string of the molecule is O=C(NCCCN1CCNCC1)c1nn(-c2ccccc2)c2c1CCC2. The van der Waals surface area contributed by atoms with Crippen LogP contribution in [0.2, 0.25) is 0 Å². The molecule has 2 N–H and O–H groups in total. The minimum Gasteiger partial charge on any atom is -0.351 e. The second-order valence-electron chi connectivity index (χ2n) is 7.08. The molecule has 1 amide bonds. The number of carbonyl (C=O) groups is 1. The van der Waals surface area contributed by atoms with Crippen LogP contribution in [0, 0.1) is 0 Å². The second-order valence-corrected chi connectivity index (χ2v) is 7.08. The van der Waals surface area contributed by atoms with Crippen LogP contribution in [0.4, 0.5) is 0 Å². The van der Waals surface area contributed by atoms with Crippen LogP contribution in [0.5, 0.6) is 0 Å². The van der Waals surface area contributed by atoms with Gasteiger partial charge in [-0.25, -0.2) is 4.68 Å². The normalized spacial score (nSPS) is 17.2. The van der Waals surface area contributed by atoms with Gasteiger partial charge in [-0.05, 0) is 44.4 Å². The van der Waals surface area contributed by atoms with Crippen molar-refractivity contribution in [3.8, 4) is 5.69 Å². The van der Waals surface area contributed by atoms with Crippen molar-refractivity contribution >= 4 is 5.91 Å². The summed E-state index contributed by atoms with van der Waals surface area (Å²) < 4.78 is 1.96. The van der Waals surface area contributed by atoms with Crippen molar-refractivity contribution in [3.05, 3.63) is 47.3 Å². The number of para-hydroxylation sites is 1. The fraction of sp³-hybridized carbons (Fsp3) is 0.500. The van der Waals surface area contributed by atoms with E-state index in [0.717, 1.165) is 69.7 Å². The molecule has 0 unspecified atom stereocenters. The maximum Gasteiger partial charge on any atom is 0.272 e. The van der Waals surface area contributed by atoms with Crippen molar-refractivity contribution in [1.82, 2.24) is 25.3 Å². The number of benzene rings is 1. The zero-order valence-electron chi connectivity index (χ0n) is 15.2. The van der Waals surface area contributed by atoms with Crippen LogP contribution >= 0.6 is 0 Å². The zero-order chi connectivity index (χ0) is 17.8. The summed E-state index contributed by atoms with van der Waals surface area (Å²) in [5.41, 5.74) is 3.97. The van der Waals surface area contributed by atoms with Crippen molar-refractivity contribution in [2.24, 2.45) is 0 Å². The average molecular weight is 353 g/mol. The molecular formula is C20H27N5O. The van der Waals surface area contributed by atoms with E-state index in [1.54, 1.807) is 0 Å². The third-order valence-corrected chi connectivity index (χ3v) is 5.29. The van der Waals surface area contributed by atoms with Crippen LogP contribution in [0.1, 0.15) is 34.6 Å². The summed E-state index contributed by atoms with van der Waals surface area (Å²) >= 11 is 0. The number of hydrogen-bond donors (Lipinski definition) is 2. The molecule has 4 rings (SSSR count). The van der Waals surface area contributed by atoms with Gasteiger partial charge < -0.3 is 15.5 Å². The van der Waals surface area contributed by atoms with E-state index < -0.39 is 0 Å². The topological polar surface area (TPSA) is 62.2 Å². The van der Waals surface area contributed by atoms with Crippen molar-refractivity contribution in [2.75, 3.05) is 39.3 Å². The van der Waals surface area contributed by atoms with Crippen LogP contribution < -0.4 is 10.6 Å². The minimum absolute atomic E-state index is 0.0295. The van der Waals surface area contributed by atoms with Crippen LogP contribution in [-0.4, -0.2) is 59.9 Å². The van der Waals surface area contributed by atoms with Crippen molar-refractivity contribution in [3.63, 3.8) is 0 Å². The van der Waals surface area contributed by atoms with E-state index in [-0.39, 0.29) is 5.91 Å². The third-order valence-electron chi connectivity index (χ3n) is 5.29. The summed E-state index contributed by atoms with van der Waals surface area (Å²) in [7, 11) is 0. The molecule has 1 aromatic carbocycles. The van der Waals surface area contributed by atoms with Gasteiger partial charge in [-0.2, -0.15) is 5.10 Å².